The first-order valence-corrected chi connectivity index (χ1v) is 12.1. The van der Waals surface area contributed by atoms with Crippen molar-refractivity contribution in [1.82, 2.24) is 15.1 Å². The van der Waals surface area contributed by atoms with Crippen LogP contribution < -0.4 is 5.32 Å². The van der Waals surface area contributed by atoms with E-state index in [1.54, 1.807) is 17.0 Å². The predicted molar refractivity (Wildman–Crippen MR) is 135 cm³/mol. The lowest BCUT2D eigenvalue weighted by molar-refractivity contribution is -0.119. The van der Waals surface area contributed by atoms with Gasteiger partial charge in [0.1, 0.15) is 11.0 Å². The Morgan fingerprint density at radius 2 is 1.56 bits per heavy atom. The summed E-state index contributed by atoms with van der Waals surface area (Å²) in [6.07, 6.45) is 1.39. The summed E-state index contributed by atoms with van der Waals surface area (Å²) >= 11 is 7.23. The van der Waals surface area contributed by atoms with E-state index in [0.29, 0.717) is 33.7 Å². The van der Waals surface area contributed by atoms with Gasteiger partial charge in [0.2, 0.25) is 11.0 Å². The number of carbonyl (C=O) groups is 2. The van der Waals surface area contributed by atoms with Crippen molar-refractivity contribution in [2.24, 2.45) is 0 Å². The van der Waals surface area contributed by atoms with Gasteiger partial charge in [0.25, 0.3) is 5.91 Å². The fraction of sp³-hybridized carbons (Fsp3) is 0.154. The summed E-state index contributed by atoms with van der Waals surface area (Å²) in [6, 6.07) is 24.3. The van der Waals surface area contributed by atoms with Crippen molar-refractivity contribution >= 4 is 39.9 Å². The SMILES string of the molecule is O=C(Nc1nnc(-c2ccc(Cl)cc2)s1)C1CCCN1C(=O)c1ccc(-c2ccccc2)cc1. The summed E-state index contributed by atoms with van der Waals surface area (Å²) in [6.45, 7) is 0.545. The van der Waals surface area contributed by atoms with Crippen molar-refractivity contribution in [3.8, 4) is 21.7 Å². The van der Waals surface area contributed by atoms with Gasteiger partial charge in [-0.25, -0.2) is 0 Å². The largest absolute Gasteiger partial charge is 0.327 e. The Labute approximate surface area is 206 Å². The van der Waals surface area contributed by atoms with Gasteiger partial charge in [0, 0.05) is 22.7 Å². The lowest BCUT2D eigenvalue weighted by Crippen LogP contribution is -2.43. The lowest BCUT2D eigenvalue weighted by atomic mass is 10.0. The summed E-state index contributed by atoms with van der Waals surface area (Å²) < 4.78 is 0. The van der Waals surface area contributed by atoms with E-state index in [0.717, 1.165) is 23.1 Å². The fourth-order valence-corrected chi connectivity index (χ4v) is 4.93. The van der Waals surface area contributed by atoms with Crippen LogP contribution in [0.25, 0.3) is 21.7 Å². The molecule has 0 radical (unpaired) electrons. The molecule has 2 heterocycles. The van der Waals surface area contributed by atoms with Gasteiger partial charge in [0.15, 0.2) is 0 Å². The molecular formula is C26H21ClN4O2S. The van der Waals surface area contributed by atoms with E-state index in [-0.39, 0.29) is 11.8 Å². The van der Waals surface area contributed by atoms with Crippen LogP contribution in [0.15, 0.2) is 78.9 Å². The normalized spacial score (nSPS) is 15.3. The zero-order chi connectivity index (χ0) is 23.5. The summed E-state index contributed by atoms with van der Waals surface area (Å²) in [5.41, 5.74) is 3.58. The highest BCUT2D eigenvalue weighted by atomic mass is 35.5. The molecular weight excluding hydrogens is 468 g/mol. The number of nitrogens with one attached hydrogen (secondary N) is 1. The summed E-state index contributed by atoms with van der Waals surface area (Å²) in [7, 11) is 0. The third kappa shape index (κ3) is 4.71. The van der Waals surface area contributed by atoms with Gasteiger partial charge >= 0.3 is 0 Å². The van der Waals surface area contributed by atoms with Crippen LogP contribution in [-0.2, 0) is 4.79 Å². The fourth-order valence-electron chi connectivity index (χ4n) is 4.06. The number of amides is 2. The molecule has 1 unspecified atom stereocenters. The molecule has 4 aromatic rings. The van der Waals surface area contributed by atoms with E-state index in [1.165, 1.54) is 11.3 Å². The minimum absolute atomic E-state index is 0.142. The number of rotatable bonds is 5. The van der Waals surface area contributed by atoms with E-state index in [4.69, 9.17) is 11.6 Å². The molecule has 1 N–H and O–H groups in total. The van der Waals surface area contributed by atoms with Crippen LogP contribution in [-0.4, -0.2) is 39.5 Å². The number of halogens is 1. The zero-order valence-electron chi connectivity index (χ0n) is 18.1. The maximum atomic E-state index is 13.2. The van der Waals surface area contributed by atoms with Gasteiger partial charge in [-0.05, 0) is 48.2 Å². The molecule has 6 nitrogen and oxygen atoms in total. The molecule has 1 aromatic heterocycles. The average molecular weight is 489 g/mol. The highest BCUT2D eigenvalue weighted by Gasteiger charge is 2.35. The molecule has 1 aliphatic rings. The monoisotopic (exact) mass is 488 g/mol. The van der Waals surface area contributed by atoms with E-state index in [1.807, 2.05) is 66.7 Å². The van der Waals surface area contributed by atoms with Crippen LogP contribution in [0, 0.1) is 0 Å². The first-order chi connectivity index (χ1) is 16.6. The maximum Gasteiger partial charge on any atom is 0.254 e. The first-order valence-electron chi connectivity index (χ1n) is 11.0. The average Bonchev–Trinajstić information content (AvgIpc) is 3.55. The van der Waals surface area contributed by atoms with Gasteiger partial charge in [-0.2, -0.15) is 0 Å². The number of likely N-dealkylation sites (tertiary alicyclic amines) is 1. The van der Waals surface area contributed by atoms with Gasteiger partial charge in [-0.3, -0.25) is 14.9 Å². The number of nitrogens with zero attached hydrogens (tertiary/aromatic N) is 3. The summed E-state index contributed by atoms with van der Waals surface area (Å²) in [4.78, 5) is 27.8. The molecule has 1 aliphatic heterocycles. The van der Waals surface area contributed by atoms with Crippen molar-refractivity contribution in [2.75, 3.05) is 11.9 Å². The Bertz CT molecular complexity index is 1310. The minimum atomic E-state index is -0.538. The van der Waals surface area contributed by atoms with Crippen LogP contribution >= 0.6 is 22.9 Å². The molecule has 0 spiro atoms. The molecule has 170 valence electrons. The van der Waals surface area contributed by atoms with E-state index in [9.17, 15) is 9.59 Å². The Hall–Kier alpha value is -3.55. The van der Waals surface area contributed by atoms with Crippen molar-refractivity contribution in [1.29, 1.82) is 0 Å². The van der Waals surface area contributed by atoms with Crippen LogP contribution in [0.3, 0.4) is 0 Å². The van der Waals surface area contributed by atoms with Crippen molar-refractivity contribution < 1.29 is 9.59 Å². The molecule has 0 bridgehead atoms. The molecule has 1 atom stereocenters. The lowest BCUT2D eigenvalue weighted by Gasteiger charge is -2.23. The quantitative estimate of drug-likeness (QED) is 0.387. The number of aromatic nitrogens is 2. The topological polar surface area (TPSA) is 75.2 Å². The van der Waals surface area contributed by atoms with E-state index in [2.05, 4.69) is 15.5 Å². The van der Waals surface area contributed by atoms with E-state index < -0.39 is 6.04 Å². The Kier molecular flexibility index (Phi) is 6.38. The van der Waals surface area contributed by atoms with Gasteiger partial charge in [-0.1, -0.05) is 77.5 Å². The molecule has 8 heteroatoms. The van der Waals surface area contributed by atoms with Crippen molar-refractivity contribution in [3.63, 3.8) is 0 Å². The Balaban J connectivity index is 1.27. The summed E-state index contributed by atoms with van der Waals surface area (Å²) in [5, 5.41) is 12.8. The molecule has 5 rings (SSSR count). The number of benzene rings is 3. The zero-order valence-corrected chi connectivity index (χ0v) is 19.7. The Morgan fingerprint density at radius 3 is 2.29 bits per heavy atom. The number of hydrogen-bond acceptors (Lipinski definition) is 5. The van der Waals surface area contributed by atoms with E-state index >= 15 is 0 Å². The standard InChI is InChI=1S/C26H21ClN4O2S/c27-21-14-12-19(13-15-21)24-29-30-26(34-24)28-23(32)22-7-4-16-31(22)25(33)20-10-8-18(9-11-20)17-5-2-1-3-6-17/h1-3,5-6,8-15,22H,4,7,16H2,(H,28,30,32). The molecule has 1 fully saturated rings. The molecule has 1 saturated heterocycles. The summed E-state index contributed by atoms with van der Waals surface area (Å²) in [5.74, 6) is -0.387. The molecule has 3 aromatic carbocycles. The van der Waals surface area contributed by atoms with Gasteiger partial charge < -0.3 is 4.90 Å². The molecule has 0 aliphatic carbocycles. The van der Waals surface area contributed by atoms with Crippen molar-refractivity contribution in [2.45, 2.75) is 18.9 Å². The van der Waals surface area contributed by atoms with Gasteiger partial charge in [0.05, 0.1) is 0 Å². The highest BCUT2D eigenvalue weighted by Crippen LogP contribution is 2.29. The second-order valence-corrected chi connectivity index (χ2v) is 9.42. The maximum absolute atomic E-state index is 13.2. The first kappa shape index (κ1) is 22.3. The van der Waals surface area contributed by atoms with Crippen LogP contribution in [0.5, 0.6) is 0 Å². The van der Waals surface area contributed by atoms with Crippen LogP contribution in [0.4, 0.5) is 5.13 Å². The van der Waals surface area contributed by atoms with Gasteiger partial charge in [-0.15, -0.1) is 10.2 Å². The number of hydrogen-bond donors (Lipinski definition) is 1. The molecule has 2 amide bonds. The number of carbonyl (C=O) groups excluding carboxylic acids is 2. The highest BCUT2D eigenvalue weighted by molar-refractivity contribution is 7.18. The van der Waals surface area contributed by atoms with Crippen LogP contribution in [0.1, 0.15) is 23.2 Å². The van der Waals surface area contributed by atoms with Crippen molar-refractivity contribution in [3.05, 3.63) is 89.4 Å². The smallest absolute Gasteiger partial charge is 0.254 e. The molecule has 34 heavy (non-hydrogen) atoms. The second-order valence-electron chi connectivity index (χ2n) is 8.01. The third-order valence-electron chi connectivity index (χ3n) is 5.80. The third-order valence-corrected chi connectivity index (χ3v) is 6.94. The molecule has 0 saturated carbocycles. The predicted octanol–water partition coefficient (Wildman–Crippen LogP) is 5.77. The Morgan fingerprint density at radius 1 is 0.882 bits per heavy atom. The minimum Gasteiger partial charge on any atom is -0.327 e. The number of anilines is 1. The van der Waals surface area contributed by atoms with Crippen LogP contribution in [0.2, 0.25) is 5.02 Å². The second kappa shape index (κ2) is 9.75.